The van der Waals surface area contributed by atoms with Crippen molar-refractivity contribution in [3.05, 3.63) is 69.6 Å². The van der Waals surface area contributed by atoms with Crippen molar-refractivity contribution >= 4 is 39.1 Å². The van der Waals surface area contributed by atoms with Crippen LogP contribution in [0, 0.1) is 0 Å². The van der Waals surface area contributed by atoms with Gasteiger partial charge in [-0.2, -0.15) is 0 Å². The molecule has 1 heterocycles. The monoisotopic (exact) mass is 375 g/mol. The average molecular weight is 376 g/mol. The van der Waals surface area contributed by atoms with Gasteiger partial charge in [-0.25, -0.2) is 0 Å². The average Bonchev–Trinajstić information content (AvgIpc) is 2.53. The zero-order valence-electron chi connectivity index (χ0n) is 12.3. The second-order valence-electron chi connectivity index (χ2n) is 4.72. The number of amides is 2. The molecule has 0 aliphatic carbocycles. The van der Waals surface area contributed by atoms with Gasteiger partial charge in [-0.1, -0.05) is 6.58 Å². The first kappa shape index (κ1) is 16.7. The highest BCUT2D eigenvalue weighted by atomic mass is 79.9. The predicted octanol–water partition coefficient (Wildman–Crippen LogP) is 2.52. The van der Waals surface area contributed by atoms with E-state index in [9.17, 15) is 14.4 Å². The van der Waals surface area contributed by atoms with Crippen molar-refractivity contribution in [1.29, 1.82) is 0 Å². The largest absolute Gasteiger partial charge is 0.323 e. The summed E-state index contributed by atoms with van der Waals surface area (Å²) in [6.07, 6.45) is 2.70. The molecule has 0 bridgehead atoms. The summed E-state index contributed by atoms with van der Waals surface area (Å²) in [6.45, 7) is 3.37. The summed E-state index contributed by atoms with van der Waals surface area (Å²) in [5.41, 5.74) is 1.29. The van der Waals surface area contributed by atoms with E-state index in [0.29, 0.717) is 21.4 Å². The Morgan fingerprint density at radius 3 is 2.39 bits per heavy atom. The number of carbonyl (C=O) groups is 2. The van der Waals surface area contributed by atoms with Gasteiger partial charge < -0.3 is 15.2 Å². The minimum absolute atomic E-state index is 0.190. The lowest BCUT2D eigenvalue weighted by Crippen LogP contribution is -2.19. The maximum absolute atomic E-state index is 12.2. The molecule has 2 rings (SSSR count). The maximum Gasteiger partial charge on any atom is 0.264 e. The molecule has 1 aromatic carbocycles. The van der Waals surface area contributed by atoms with Crippen LogP contribution in [0.2, 0.25) is 0 Å². The Hall–Kier alpha value is -2.67. The first-order valence-electron chi connectivity index (χ1n) is 6.61. The first-order chi connectivity index (χ1) is 10.9. The van der Waals surface area contributed by atoms with Crippen LogP contribution in [0.25, 0.3) is 0 Å². The topological polar surface area (TPSA) is 80.2 Å². The van der Waals surface area contributed by atoms with E-state index in [2.05, 4.69) is 33.1 Å². The van der Waals surface area contributed by atoms with Crippen LogP contribution >= 0.6 is 15.9 Å². The molecule has 0 fully saturated rings. The van der Waals surface area contributed by atoms with E-state index in [1.54, 1.807) is 37.4 Å². The van der Waals surface area contributed by atoms with Crippen LogP contribution in [0.5, 0.6) is 0 Å². The minimum atomic E-state index is -0.322. The first-order valence-corrected chi connectivity index (χ1v) is 7.41. The number of carbonyl (C=O) groups excluding carboxylic acids is 2. The van der Waals surface area contributed by atoms with Crippen LogP contribution in [-0.4, -0.2) is 16.4 Å². The van der Waals surface area contributed by atoms with E-state index in [4.69, 9.17) is 0 Å². The highest BCUT2D eigenvalue weighted by Crippen LogP contribution is 2.14. The zero-order chi connectivity index (χ0) is 17.0. The summed E-state index contributed by atoms with van der Waals surface area (Å²) in [5.74, 6) is -0.644. The van der Waals surface area contributed by atoms with E-state index < -0.39 is 0 Å². The van der Waals surface area contributed by atoms with Crippen molar-refractivity contribution in [2.45, 2.75) is 0 Å². The lowest BCUT2D eigenvalue weighted by Gasteiger charge is -2.08. The smallest absolute Gasteiger partial charge is 0.264 e. The number of hydrogen-bond donors (Lipinski definition) is 2. The lowest BCUT2D eigenvalue weighted by molar-refractivity contribution is -0.111. The van der Waals surface area contributed by atoms with Gasteiger partial charge in [-0.15, -0.1) is 0 Å². The Morgan fingerprint density at radius 1 is 1.17 bits per heavy atom. The third-order valence-corrected chi connectivity index (χ3v) is 3.57. The molecular formula is C16H14BrN3O3. The number of aryl methyl sites for hydroxylation is 1. The number of hydrogen-bond acceptors (Lipinski definition) is 3. The molecule has 0 spiro atoms. The predicted molar refractivity (Wildman–Crippen MR) is 92.6 cm³/mol. The minimum Gasteiger partial charge on any atom is -0.323 e. The molecular weight excluding hydrogens is 362 g/mol. The second kappa shape index (κ2) is 7.06. The van der Waals surface area contributed by atoms with Crippen molar-refractivity contribution in [3.63, 3.8) is 0 Å². The number of rotatable bonds is 4. The summed E-state index contributed by atoms with van der Waals surface area (Å²) in [4.78, 5) is 35.0. The summed E-state index contributed by atoms with van der Waals surface area (Å²) in [6, 6.07) is 7.95. The molecule has 1 aromatic heterocycles. The number of anilines is 2. The molecule has 6 nitrogen and oxygen atoms in total. The van der Waals surface area contributed by atoms with Crippen LogP contribution in [-0.2, 0) is 11.8 Å². The van der Waals surface area contributed by atoms with Gasteiger partial charge in [-0.05, 0) is 52.3 Å². The normalized spacial score (nSPS) is 10.0. The van der Waals surface area contributed by atoms with Crippen molar-refractivity contribution in [2.75, 3.05) is 10.6 Å². The van der Waals surface area contributed by atoms with E-state index in [1.165, 1.54) is 10.8 Å². The zero-order valence-corrected chi connectivity index (χ0v) is 13.9. The fourth-order valence-corrected chi connectivity index (χ4v) is 2.37. The Morgan fingerprint density at radius 2 is 1.83 bits per heavy atom. The molecule has 0 unspecified atom stereocenters. The summed E-state index contributed by atoms with van der Waals surface area (Å²) >= 11 is 3.15. The highest BCUT2D eigenvalue weighted by Gasteiger charge is 2.09. The number of pyridine rings is 1. The van der Waals surface area contributed by atoms with Crippen LogP contribution < -0.4 is 16.2 Å². The Labute approximate surface area is 141 Å². The van der Waals surface area contributed by atoms with Gasteiger partial charge in [0, 0.05) is 24.5 Å². The molecule has 118 valence electrons. The van der Waals surface area contributed by atoms with Gasteiger partial charge in [0.1, 0.15) is 0 Å². The molecule has 2 aromatic rings. The van der Waals surface area contributed by atoms with E-state index in [1.807, 2.05) is 0 Å². The SMILES string of the molecule is C=CC(=O)Nc1ccc(C(=O)Nc2cc(Br)c(=O)n(C)c2)cc1. The van der Waals surface area contributed by atoms with Crippen LogP contribution in [0.1, 0.15) is 10.4 Å². The quantitative estimate of drug-likeness (QED) is 0.805. The van der Waals surface area contributed by atoms with Gasteiger partial charge >= 0.3 is 0 Å². The third kappa shape index (κ3) is 4.17. The van der Waals surface area contributed by atoms with Gasteiger partial charge in [0.2, 0.25) is 5.91 Å². The lowest BCUT2D eigenvalue weighted by atomic mass is 10.2. The molecule has 0 radical (unpaired) electrons. The molecule has 0 aliphatic rings. The van der Waals surface area contributed by atoms with E-state index >= 15 is 0 Å². The molecule has 2 N–H and O–H groups in total. The number of nitrogens with one attached hydrogen (secondary N) is 2. The summed E-state index contributed by atoms with van der Waals surface area (Å²) in [5, 5.41) is 5.30. The van der Waals surface area contributed by atoms with Crippen molar-refractivity contribution in [3.8, 4) is 0 Å². The molecule has 2 amide bonds. The van der Waals surface area contributed by atoms with Gasteiger partial charge in [0.15, 0.2) is 0 Å². The molecule has 7 heteroatoms. The molecule has 23 heavy (non-hydrogen) atoms. The van der Waals surface area contributed by atoms with Crippen LogP contribution in [0.3, 0.4) is 0 Å². The van der Waals surface area contributed by atoms with Gasteiger partial charge in [0.05, 0.1) is 10.2 Å². The second-order valence-corrected chi connectivity index (χ2v) is 5.57. The summed E-state index contributed by atoms with van der Waals surface area (Å²) in [7, 11) is 1.60. The summed E-state index contributed by atoms with van der Waals surface area (Å²) < 4.78 is 1.73. The fourth-order valence-electron chi connectivity index (χ4n) is 1.84. The number of halogens is 1. The van der Waals surface area contributed by atoms with Crippen LogP contribution in [0.4, 0.5) is 11.4 Å². The van der Waals surface area contributed by atoms with E-state index in [0.717, 1.165) is 6.08 Å². The van der Waals surface area contributed by atoms with Crippen molar-refractivity contribution in [2.24, 2.45) is 7.05 Å². The highest BCUT2D eigenvalue weighted by molar-refractivity contribution is 9.10. The Balaban J connectivity index is 2.13. The number of aromatic nitrogens is 1. The van der Waals surface area contributed by atoms with E-state index in [-0.39, 0.29) is 17.4 Å². The molecule has 0 saturated heterocycles. The van der Waals surface area contributed by atoms with Crippen molar-refractivity contribution < 1.29 is 9.59 Å². The van der Waals surface area contributed by atoms with Gasteiger partial charge in [0.25, 0.3) is 11.5 Å². The maximum atomic E-state index is 12.2. The van der Waals surface area contributed by atoms with Crippen LogP contribution in [0.15, 0.2) is 58.5 Å². The number of benzene rings is 1. The molecule has 0 atom stereocenters. The fraction of sp³-hybridized carbons (Fsp3) is 0.0625. The molecule has 0 saturated carbocycles. The molecule has 0 aliphatic heterocycles. The Bertz CT molecular complexity index is 799. The van der Waals surface area contributed by atoms with Gasteiger partial charge in [-0.3, -0.25) is 14.4 Å². The Kier molecular flexibility index (Phi) is 5.13. The standard InChI is InChI=1S/C16H14BrN3O3/c1-3-14(21)18-11-6-4-10(5-7-11)15(22)19-12-8-13(17)16(23)20(2)9-12/h3-9H,1H2,2H3,(H,18,21)(H,19,22). The number of nitrogens with zero attached hydrogens (tertiary/aromatic N) is 1. The third-order valence-electron chi connectivity index (χ3n) is 3.00. The van der Waals surface area contributed by atoms with Crippen molar-refractivity contribution in [1.82, 2.24) is 4.57 Å².